The van der Waals surface area contributed by atoms with Gasteiger partial charge in [-0.15, -0.1) is 0 Å². The molecule has 2 rings (SSSR count). The molecule has 0 spiro atoms. The van der Waals surface area contributed by atoms with Gasteiger partial charge in [-0.2, -0.15) is 5.26 Å². The van der Waals surface area contributed by atoms with Gasteiger partial charge in [0.2, 0.25) is 0 Å². The van der Waals surface area contributed by atoms with Crippen molar-refractivity contribution >= 4 is 28.4 Å². The highest BCUT2D eigenvalue weighted by Gasteiger charge is 2.17. The summed E-state index contributed by atoms with van der Waals surface area (Å²) in [4.78, 5) is 11.2. The lowest BCUT2D eigenvalue weighted by Gasteiger charge is -2.15. The topological polar surface area (TPSA) is 40.9 Å². The first kappa shape index (κ1) is 9.66. The van der Waals surface area contributed by atoms with Crippen LogP contribution in [0.2, 0.25) is 0 Å². The Morgan fingerprint density at radius 3 is 2.79 bits per heavy atom. The number of aryl methyl sites for hydroxylation is 1. The summed E-state index contributed by atoms with van der Waals surface area (Å²) in [6, 6.07) is 6.05. The van der Waals surface area contributed by atoms with Gasteiger partial charge in [0.05, 0.1) is 5.56 Å². The van der Waals surface area contributed by atoms with Gasteiger partial charge in [0.15, 0.2) is 0 Å². The monoisotopic (exact) mass is 297 g/mol. The van der Waals surface area contributed by atoms with Gasteiger partial charge in [-0.25, -0.2) is 0 Å². The van der Waals surface area contributed by atoms with Crippen LogP contribution in [0.3, 0.4) is 0 Å². The molecule has 0 aromatic heterocycles. The van der Waals surface area contributed by atoms with E-state index in [2.05, 4.69) is 28.7 Å². The van der Waals surface area contributed by atoms with E-state index in [1.807, 2.05) is 12.1 Å². The van der Waals surface area contributed by atoms with Gasteiger partial charge in [0, 0.05) is 16.4 Å². The number of nitrogens with zero attached hydrogens (tertiary/aromatic N) is 1. The molecule has 0 atom stereocenters. The maximum absolute atomic E-state index is 11.2. The summed E-state index contributed by atoms with van der Waals surface area (Å²) in [5, 5.41) is 8.85. The Bertz CT molecular complexity index is 445. The number of rotatable bonds is 0. The SMILES string of the molecule is N#Cc1cc2c(cc1I)CC(=O)CC2. The second-order valence-corrected chi connectivity index (χ2v) is 4.59. The fourth-order valence-corrected chi connectivity index (χ4v) is 2.37. The molecule has 0 amide bonds. The van der Waals surface area contributed by atoms with Crippen LogP contribution in [-0.2, 0) is 17.6 Å². The van der Waals surface area contributed by atoms with Crippen molar-refractivity contribution in [1.82, 2.24) is 0 Å². The van der Waals surface area contributed by atoms with Crippen molar-refractivity contribution in [3.63, 3.8) is 0 Å². The summed E-state index contributed by atoms with van der Waals surface area (Å²) in [5.74, 6) is 0.304. The quantitative estimate of drug-likeness (QED) is 0.689. The third-order valence-electron chi connectivity index (χ3n) is 2.47. The molecule has 1 aromatic rings. The molecular formula is C11H8INO. The number of fused-ring (bicyclic) bond motifs is 1. The molecule has 0 saturated heterocycles. The Morgan fingerprint density at radius 2 is 2.07 bits per heavy atom. The minimum Gasteiger partial charge on any atom is -0.299 e. The molecule has 0 unspecified atom stereocenters. The van der Waals surface area contributed by atoms with Crippen molar-refractivity contribution in [2.75, 3.05) is 0 Å². The van der Waals surface area contributed by atoms with Gasteiger partial charge in [0.1, 0.15) is 11.9 Å². The molecule has 1 aliphatic rings. The molecule has 0 bridgehead atoms. The molecule has 3 heteroatoms. The van der Waals surface area contributed by atoms with E-state index in [1.54, 1.807) is 0 Å². The lowest BCUT2D eigenvalue weighted by Crippen LogP contribution is -2.13. The van der Waals surface area contributed by atoms with Crippen molar-refractivity contribution in [3.05, 3.63) is 32.4 Å². The summed E-state index contributed by atoms with van der Waals surface area (Å²) in [6.07, 6.45) is 1.95. The summed E-state index contributed by atoms with van der Waals surface area (Å²) in [6.45, 7) is 0. The number of halogens is 1. The van der Waals surface area contributed by atoms with Gasteiger partial charge in [-0.05, 0) is 52.3 Å². The smallest absolute Gasteiger partial charge is 0.137 e. The molecular weight excluding hydrogens is 289 g/mol. The van der Waals surface area contributed by atoms with Crippen LogP contribution in [0, 0.1) is 14.9 Å². The summed E-state index contributed by atoms with van der Waals surface area (Å²) in [5.41, 5.74) is 2.99. The zero-order chi connectivity index (χ0) is 10.1. The molecule has 0 radical (unpaired) electrons. The Labute approximate surface area is 96.1 Å². The minimum atomic E-state index is 0.304. The predicted octanol–water partition coefficient (Wildman–Crippen LogP) is 2.22. The first-order chi connectivity index (χ1) is 6.70. The molecule has 70 valence electrons. The number of Topliss-reactive ketones (excluding diaryl/α,β-unsaturated/α-hetero) is 1. The van der Waals surface area contributed by atoms with Crippen molar-refractivity contribution in [3.8, 4) is 6.07 Å². The normalized spacial score (nSPS) is 14.7. The lowest BCUT2D eigenvalue weighted by atomic mass is 9.90. The number of carbonyl (C=O) groups is 1. The summed E-state index contributed by atoms with van der Waals surface area (Å²) < 4.78 is 0.943. The van der Waals surface area contributed by atoms with Gasteiger partial charge in [-0.3, -0.25) is 4.79 Å². The van der Waals surface area contributed by atoms with Crippen LogP contribution in [0.25, 0.3) is 0 Å². The molecule has 2 nitrogen and oxygen atoms in total. The lowest BCUT2D eigenvalue weighted by molar-refractivity contribution is -0.118. The van der Waals surface area contributed by atoms with Gasteiger partial charge >= 0.3 is 0 Å². The van der Waals surface area contributed by atoms with Crippen molar-refractivity contribution < 1.29 is 4.79 Å². The Kier molecular flexibility index (Phi) is 2.55. The van der Waals surface area contributed by atoms with Crippen molar-refractivity contribution in [1.29, 1.82) is 5.26 Å². The van der Waals surface area contributed by atoms with Gasteiger partial charge < -0.3 is 0 Å². The number of nitriles is 1. The molecule has 0 saturated carbocycles. The molecule has 0 fully saturated rings. The average Bonchev–Trinajstić information content (AvgIpc) is 2.16. The first-order valence-electron chi connectivity index (χ1n) is 4.44. The second kappa shape index (κ2) is 3.70. The van der Waals surface area contributed by atoms with Crippen LogP contribution in [0.1, 0.15) is 23.1 Å². The highest BCUT2D eigenvalue weighted by molar-refractivity contribution is 14.1. The first-order valence-corrected chi connectivity index (χ1v) is 5.51. The second-order valence-electron chi connectivity index (χ2n) is 3.43. The van der Waals surface area contributed by atoms with E-state index in [9.17, 15) is 4.79 Å². The highest BCUT2D eigenvalue weighted by Crippen LogP contribution is 2.24. The molecule has 0 aliphatic heterocycles. The van der Waals surface area contributed by atoms with E-state index < -0.39 is 0 Å². The van der Waals surface area contributed by atoms with Crippen LogP contribution in [-0.4, -0.2) is 5.78 Å². The zero-order valence-corrected chi connectivity index (χ0v) is 9.67. The molecule has 0 heterocycles. The molecule has 0 N–H and O–H groups in total. The van der Waals surface area contributed by atoms with Crippen LogP contribution in [0.15, 0.2) is 12.1 Å². The van der Waals surface area contributed by atoms with E-state index in [0.29, 0.717) is 18.6 Å². The van der Waals surface area contributed by atoms with Gasteiger partial charge in [0.25, 0.3) is 0 Å². The highest BCUT2D eigenvalue weighted by atomic mass is 127. The number of carbonyl (C=O) groups excluding carboxylic acids is 1. The third kappa shape index (κ3) is 1.67. The molecule has 1 aliphatic carbocycles. The average molecular weight is 297 g/mol. The zero-order valence-electron chi connectivity index (χ0n) is 7.51. The maximum atomic E-state index is 11.2. The Morgan fingerprint density at radius 1 is 1.29 bits per heavy atom. The van der Waals surface area contributed by atoms with Crippen molar-refractivity contribution in [2.24, 2.45) is 0 Å². The molecule has 14 heavy (non-hydrogen) atoms. The maximum Gasteiger partial charge on any atom is 0.137 e. The number of hydrogen-bond acceptors (Lipinski definition) is 2. The van der Waals surface area contributed by atoms with Crippen LogP contribution < -0.4 is 0 Å². The standard InChI is InChI=1S/C11H8INO/c12-11-5-8-4-10(14)2-1-7(8)3-9(11)6-13/h3,5H,1-2,4H2. The van der Waals surface area contributed by atoms with E-state index >= 15 is 0 Å². The van der Waals surface area contributed by atoms with Crippen LogP contribution in [0.5, 0.6) is 0 Å². The van der Waals surface area contributed by atoms with E-state index in [4.69, 9.17) is 5.26 Å². The molecule has 1 aromatic carbocycles. The Balaban J connectivity index is 2.52. The van der Waals surface area contributed by atoms with Crippen LogP contribution in [0.4, 0.5) is 0 Å². The number of ketones is 1. The van der Waals surface area contributed by atoms with Crippen LogP contribution >= 0.6 is 22.6 Å². The fraction of sp³-hybridized carbons (Fsp3) is 0.273. The fourth-order valence-electron chi connectivity index (χ4n) is 1.72. The number of hydrogen-bond donors (Lipinski definition) is 0. The summed E-state index contributed by atoms with van der Waals surface area (Å²) in [7, 11) is 0. The largest absolute Gasteiger partial charge is 0.299 e. The summed E-state index contributed by atoms with van der Waals surface area (Å²) >= 11 is 2.14. The minimum absolute atomic E-state index is 0.304. The van der Waals surface area contributed by atoms with E-state index in [1.165, 1.54) is 5.56 Å². The Hall–Kier alpha value is -0.890. The number of benzene rings is 1. The van der Waals surface area contributed by atoms with Gasteiger partial charge in [-0.1, -0.05) is 0 Å². The van der Waals surface area contributed by atoms with Crippen molar-refractivity contribution in [2.45, 2.75) is 19.3 Å². The predicted molar refractivity (Wildman–Crippen MR) is 60.9 cm³/mol. The van der Waals surface area contributed by atoms with E-state index in [-0.39, 0.29) is 0 Å². The van der Waals surface area contributed by atoms with E-state index in [0.717, 1.165) is 21.1 Å². The third-order valence-corrected chi connectivity index (χ3v) is 3.36.